The molecule has 1 unspecified atom stereocenters. The number of aliphatic hydroxyl groups is 1. The van der Waals surface area contributed by atoms with Crippen molar-refractivity contribution in [2.24, 2.45) is 0 Å². The van der Waals surface area contributed by atoms with Gasteiger partial charge in [-0.25, -0.2) is 4.39 Å². The van der Waals surface area contributed by atoms with Crippen molar-refractivity contribution in [3.63, 3.8) is 0 Å². The van der Waals surface area contributed by atoms with Gasteiger partial charge in [-0.1, -0.05) is 30.3 Å². The van der Waals surface area contributed by atoms with Gasteiger partial charge in [-0.05, 0) is 18.2 Å². The van der Waals surface area contributed by atoms with E-state index in [9.17, 15) is 9.50 Å². The fraction of sp³-hybridized carbons (Fsp3) is 0.294. The fourth-order valence-corrected chi connectivity index (χ4v) is 1.92. The molecule has 4 nitrogen and oxygen atoms in total. The van der Waals surface area contributed by atoms with Gasteiger partial charge in [0, 0.05) is 5.56 Å². The smallest absolute Gasteiger partial charge is 0.165 e. The molecule has 0 aliphatic heterocycles. The molecule has 0 heterocycles. The molecule has 0 spiro atoms. The average molecular weight is 306 g/mol. The fourth-order valence-electron chi connectivity index (χ4n) is 1.92. The summed E-state index contributed by atoms with van der Waals surface area (Å²) in [5, 5.41) is 9.80. The van der Waals surface area contributed by atoms with E-state index in [0.29, 0.717) is 6.61 Å². The Bertz CT molecular complexity index is 588. The highest BCUT2D eigenvalue weighted by atomic mass is 19.1. The molecule has 2 aromatic carbocycles. The first-order chi connectivity index (χ1) is 10.7. The summed E-state index contributed by atoms with van der Waals surface area (Å²) in [7, 11) is 1.59. The summed E-state index contributed by atoms with van der Waals surface area (Å²) in [6.07, 6.45) is -0.839. The van der Waals surface area contributed by atoms with Crippen LogP contribution in [-0.2, 0) is 11.3 Å². The number of rotatable bonds is 8. The lowest BCUT2D eigenvalue weighted by Gasteiger charge is -2.14. The molecule has 0 radical (unpaired) electrons. The Kier molecular flexibility index (Phi) is 6.18. The maximum absolute atomic E-state index is 13.3. The first-order valence-electron chi connectivity index (χ1n) is 6.95. The third kappa shape index (κ3) is 4.72. The van der Waals surface area contributed by atoms with Crippen molar-refractivity contribution < 1.29 is 23.7 Å². The average Bonchev–Trinajstić information content (AvgIpc) is 2.54. The Morgan fingerprint density at radius 1 is 1.00 bits per heavy atom. The molecule has 2 rings (SSSR count). The van der Waals surface area contributed by atoms with Gasteiger partial charge in [0.05, 0.1) is 20.3 Å². The van der Waals surface area contributed by atoms with Crippen molar-refractivity contribution in [1.82, 2.24) is 0 Å². The Balaban J connectivity index is 1.74. The van der Waals surface area contributed by atoms with Gasteiger partial charge in [0.2, 0.25) is 0 Å². The highest BCUT2D eigenvalue weighted by Crippen LogP contribution is 2.18. The largest absolute Gasteiger partial charge is 0.496 e. The normalized spacial score (nSPS) is 12.0. The van der Waals surface area contributed by atoms with E-state index in [4.69, 9.17) is 14.2 Å². The van der Waals surface area contributed by atoms with E-state index in [-0.39, 0.29) is 19.0 Å². The molecule has 118 valence electrons. The zero-order chi connectivity index (χ0) is 15.8. The van der Waals surface area contributed by atoms with Crippen molar-refractivity contribution in [3.8, 4) is 11.5 Å². The van der Waals surface area contributed by atoms with Crippen molar-refractivity contribution in [2.75, 3.05) is 20.3 Å². The molecule has 0 amide bonds. The molecule has 1 atom stereocenters. The predicted octanol–water partition coefficient (Wildman–Crippen LogP) is 2.79. The highest BCUT2D eigenvalue weighted by Gasteiger charge is 2.09. The van der Waals surface area contributed by atoms with Crippen LogP contribution >= 0.6 is 0 Å². The lowest BCUT2D eigenvalue weighted by Crippen LogP contribution is -2.23. The molecule has 22 heavy (non-hydrogen) atoms. The van der Waals surface area contributed by atoms with E-state index in [2.05, 4.69) is 0 Å². The summed E-state index contributed by atoms with van der Waals surface area (Å²) >= 11 is 0. The first-order valence-corrected chi connectivity index (χ1v) is 6.95. The number of para-hydroxylation sites is 2. The van der Waals surface area contributed by atoms with Crippen molar-refractivity contribution in [2.45, 2.75) is 12.7 Å². The topological polar surface area (TPSA) is 47.9 Å². The molecule has 0 aliphatic carbocycles. The second-order valence-corrected chi connectivity index (χ2v) is 4.72. The summed E-state index contributed by atoms with van der Waals surface area (Å²) in [6, 6.07) is 13.6. The molecule has 0 aliphatic rings. The monoisotopic (exact) mass is 306 g/mol. The van der Waals surface area contributed by atoms with E-state index in [0.717, 1.165) is 11.3 Å². The number of methoxy groups -OCH3 is 1. The van der Waals surface area contributed by atoms with Crippen LogP contribution in [0.4, 0.5) is 4.39 Å². The van der Waals surface area contributed by atoms with Gasteiger partial charge in [0.15, 0.2) is 11.6 Å². The lowest BCUT2D eigenvalue weighted by molar-refractivity contribution is 0.00439. The third-order valence-electron chi connectivity index (χ3n) is 3.03. The predicted molar refractivity (Wildman–Crippen MR) is 80.6 cm³/mol. The second-order valence-electron chi connectivity index (χ2n) is 4.72. The molecule has 5 heteroatoms. The Morgan fingerprint density at radius 3 is 2.41 bits per heavy atom. The molecule has 0 bridgehead atoms. The van der Waals surface area contributed by atoms with Crippen LogP contribution < -0.4 is 9.47 Å². The minimum absolute atomic E-state index is 0.0349. The summed E-state index contributed by atoms with van der Waals surface area (Å²) in [5.74, 6) is 0.399. The first kappa shape index (κ1) is 16.3. The molecular weight excluding hydrogens is 287 g/mol. The van der Waals surface area contributed by atoms with Crippen LogP contribution in [0.25, 0.3) is 0 Å². The van der Waals surface area contributed by atoms with Gasteiger partial charge >= 0.3 is 0 Å². The Morgan fingerprint density at radius 2 is 1.68 bits per heavy atom. The molecule has 0 fully saturated rings. The van der Waals surface area contributed by atoms with E-state index >= 15 is 0 Å². The van der Waals surface area contributed by atoms with E-state index in [1.54, 1.807) is 19.2 Å². The van der Waals surface area contributed by atoms with Gasteiger partial charge in [0.25, 0.3) is 0 Å². The second kappa shape index (κ2) is 8.36. The van der Waals surface area contributed by atoms with Crippen LogP contribution in [-0.4, -0.2) is 31.5 Å². The van der Waals surface area contributed by atoms with E-state index < -0.39 is 11.9 Å². The van der Waals surface area contributed by atoms with Gasteiger partial charge in [0.1, 0.15) is 18.5 Å². The minimum Gasteiger partial charge on any atom is -0.496 e. The quantitative estimate of drug-likeness (QED) is 0.815. The molecule has 0 aromatic heterocycles. The zero-order valence-electron chi connectivity index (χ0n) is 12.4. The summed E-state index contributed by atoms with van der Waals surface area (Å²) in [6.45, 7) is 0.375. The van der Waals surface area contributed by atoms with E-state index in [1.165, 1.54) is 12.1 Å². The van der Waals surface area contributed by atoms with Crippen LogP contribution in [0.3, 0.4) is 0 Å². The number of halogens is 1. The number of ether oxygens (including phenoxy) is 3. The van der Waals surface area contributed by atoms with Crippen LogP contribution in [0.5, 0.6) is 11.5 Å². The Labute approximate surface area is 129 Å². The lowest BCUT2D eigenvalue weighted by atomic mass is 10.2. The van der Waals surface area contributed by atoms with Crippen molar-refractivity contribution in [1.29, 1.82) is 0 Å². The molecular formula is C17H19FO4. The third-order valence-corrected chi connectivity index (χ3v) is 3.03. The summed E-state index contributed by atoms with van der Waals surface area (Å²) in [4.78, 5) is 0. The van der Waals surface area contributed by atoms with Crippen LogP contribution in [0.15, 0.2) is 48.5 Å². The SMILES string of the molecule is COc1ccccc1COCC(O)COc1ccccc1F. The number of hydrogen-bond acceptors (Lipinski definition) is 4. The zero-order valence-corrected chi connectivity index (χ0v) is 12.4. The molecule has 0 saturated carbocycles. The maximum Gasteiger partial charge on any atom is 0.165 e. The number of aliphatic hydroxyl groups excluding tert-OH is 1. The summed E-state index contributed by atoms with van der Waals surface area (Å²) in [5.41, 5.74) is 0.896. The van der Waals surface area contributed by atoms with Crippen molar-refractivity contribution in [3.05, 3.63) is 59.9 Å². The van der Waals surface area contributed by atoms with Gasteiger partial charge in [-0.15, -0.1) is 0 Å². The Hall–Kier alpha value is -2.11. The van der Waals surface area contributed by atoms with Gasteiger partial charge < -0.3 is 19.3 Å². The van der Waals surface area contributed by atoms with E-state index in [1.807, 2.05) is 24.3 Å². The number of benzene rings is 2. The van der Waals surface area contributed by atoms with Gasteiger partial charge in [-0.2, -0.15) is 0 Å². The number of hydrogen-bond donors (Lipinski definition) is 1. The summed E-state index contributed by atoms with van der Waals surface area (Å²) < 4.78 is 29.2. The molecule has 0 saturated heterocycles. The van der Waals surface area contributed by atoms with Crippen LogP contribution in [0, 0.1) is 5.82 Å². The van der Waals surface area contributed by atoms with Crippen LogP contribution in [0.2, 0.25) is 0 Å². The van der Waals surface area contributed by atoms with Gasteiger partial charge in [-0.3, -0.25) is 0 Å². The molecule has 2 aromatic rings. The van der Waals surface area contributed by atoms with Crippen molar-refractivity contribution >= 4 is 0 Å². The highest BCUT2D eigenvalue weighted by molar-refractivity contribution is 5.32. The molecule has 1 N–H and O–H groups in total. The minimum atomic E-state index is -0.839. The van der Waals surface area contributed by atoms with Crippen LogP contribution in [0.1, 0.15) is 5.56 Å². The standard InChI is InChI=1S/C17H19FO4/c1-20-16-8-4-2-6-13(16)10-21-11-14(19)12-22-17-9-5-3-7-15(17)18/h2-9,14,19H,10-12H2,1H3. The maximum atomic E-state index is 13.3.